The fourth-order valence-corrected chi connectivity index (χ4v) is 4.86. The van der Waals surface area contributed by atoms with E-state index in [1.807, 2.05) is 19.9 Å². The number of Topliss-reactive ketones (excluding diaryl/α,β-unsaturated/α-hetero) is 1. The predicted octanol–water partition coefficient (Wildman–Crippen LogP) is 3.33. The fourth-order valence-electron chi connectivity index (χ4n) is 4.46. The molecule has 0 N–H and O–H groups in total. The molecular formula is C25H32BrN3O5. The molecule has 0 radical (unpaired) electrons. The number of aromatic nitrogens is 1. The normalized spacial score (nSPS) is 14.1. The van der Waals surface area contributed by atoms with Gasteiger partial charge in [0.25, 0.3) is 5.91 Å². The largest absolute Gasteiger partial charge is 0.464 e. The Bertz CT molecular complexity index is 1060. The van der Waals surface area contributed by atoms with Crippen molar-refractivity contribution in [3.8, 4) is 0 Å². The van der Waals surface area contributed by atoms with Crippen LogP contribution in [0.4, 0.5) is 0 Å². The number of carbonyl (C=O) groups excluding carboxylic acids is 3. The van der Waals surface area contributed by atoms with Gasteiger partial charge in [-0.2, -0.15) is 0 Å². The molecule has 0 saturated carbocycles. The molecule has 3 rings (SSSR count). The molecule has 1 aliphatic heterocycles. The van der Waals surface area contributed by atoms with E-state index >= 15 is 0 Å². The number of hydrogen-bond donors (Lipinski definition) is 0. The first kappa shape index (κ1) is 26.1. The van der Waals surface area contributed by atoms with Gasteiger partial charge in [0.05, 0.1) is 26.9 Å². The van der Waals surface area contributed by atoms with Crippen molar-refractivity contribution >= 4 is 33.6 Å². The average Bonchev–Trinajstić information content (AvgIpc) is 3.10. The van der Waals surface area contributed by atoms with Gasteiger partial charge in [-0.25, -0.2) is 4.79 Å². The van der Waals surface area contributed by atoms with Crippen LogP contribution in [0.2, 0.25) is 0 Å². The van der Waals surface area contributed by atoms with Crippen molar-refractivity contribution in [1.82, 2.24) is 14.4 Å². The second-order valence-electron chi connectivity index (χ2n) is 8.28. The Labute approximate surface area is 208 Å². The standard InChI is InChI=1S/C25H32BrN3O5/c1-5-29-18(3)22(17(2)23(29)25(32)33-4)21(30)16-28(10-9-27-11-13-34-14-12-27)24(31)19-7-6-8-20(26)15-19/h6-8,15H,5,9-14,16H2,1-4H3. The molecule has 184 valence electrons. The monoisotopic (exact) mass is 533 g/mol. The average molecular weight is 534 g/mol. The molecule has 1 aromatic heterocycles. The molecule has 0 aliphatic carbocycles. The molecule has 0 spiro atoms. The molecular weight excluding hydrogens is 502 g/mol. The van der Waals surface area contributed by atoms with Crippen LogP contribution in [0.25, 0.3) is 0 Å². The van der Waals surface area contributed by atoms with E-state index in [1.165, 1.54) is 7.11 Å². The van der Waals surface area contributed by atoms with Crippen LogP contribution >= 0.6 is 15.9 Å². The Morgan fingerprint density at radius 2 is 1.88 bits per heavy atom. The van der Waals surface area contributed by atoms with Gasteiger partial charge in [0.2, 0.25) is 0 Å². The molecule has 1 amide bonds. The number of carbonyl (C=O) groups is 3. The summed E-state index contributed by atoms with van der Waals surface area (Å²) in [5, 5.41) is 0. The lowest BCUT2D eigenvalue weighted by molar-refractivity contribution is 0.0323. The Morgan fingerprint density at radius 3 is 2.50 bits per heavy atom. The molecule has 2 aromatic rings. The van der Waals surface area contributed by atoms with Crippen LogP contribution < -0.4 is 0 Å². The third kappa shape index (κ3) is 5.76. The SMILES string of the molecule is CCn1c(C)c(C(=O)CN(CCN2CCOCC2)C(=O)c2cccc(Br)c2)c(C)c1C(=O)OC. The lowest BCUT2D eigenvalue weighted by Crippen LogP contribution is -2.44. The second kappa shape index (κ2) is 11.8. The van der Waals surface area contributed by atoms with Gasteiger partial charge < -0.3 is 18.9 Å². The van der Waals surface area contributed by atoms with E-state index in [-0.39, 0.29) is 18.2 Å². The van der Waals surface area contributed by atoms with Gasteiger partial charge in [-0.05, 0) is 44.5 Å². The van der Waals surface area contributed by atoms with Crippen molar-refractivity contribution in [3.05, 3.63) is 56.8 Å². The van der Waals surface area contributed by atoms with Crippen LogP contribution in [0.1, 0.15) is 49.4 Å². The van der Waals surface area contributed by atoms with Crippen LogP contribution in [-0.2, 0) is 16.0 Å². The summed E-state index contributed by atoms with van der Waals surface area (Å²) >= 11 is 3.42. The first-order valence-electron chi connectivity index (χ1n) is 11.4. The number of halogens is 1. The number of morpholine rings is 1. The molecule has 1 aromatic carbocycles. The lowest BCUT2D eigenvalue weighted by Gasteiger charge is -2.30. The van der Waals surface area contributed by atoms with Crippen LogP contribution in [0.5, 0.6) is 0 Å². The summed E-state index contributed by atoms with van der Waals surface area (Å²) in [6.07, 6.45) is 0. The minimum Gasteiger partial charge on any atom is -0.464 e. The van der Waals surface area contributed by atoms with Crippen molar-refractivity contribution in [2.24, 2.45) is 0 Å². The van der Waals surface area contributed by atoms with Gasteiger partial charge in [0, 0.05) is 54.0 Å². The van der Waals surface area contributed by atoms with Crippen LogP contribution in [-0.4, -0.2) is 85.1 Å². The third-order valence-electron chi connectivity index (χ3n) is 6.22. The first-order valence-corrected chi connectivity index (χ1v) is 12.2. The van der Waals surface area contributed by atoms with Gasteiger partial charge in [0.1, 0.15) is 5.69 Å². The quantitative estimate of drug-likeness (QED) is 0.363. The van der Waals surface area contributed by atoms with Crippen molar-refractivity contribution in [1.29, 1.82) is 0 Å². The van der Waals surface area contributed by atoms with E-state index in [0.29, 0.717) is 60.9 Å². The summed E-state index contributed by atoms with van der Waals surface area (Å²) in [5.74, 6) is -0.880. The maximum Gasteiger partial charge on any atom is 0.354 e. The zero-order valence-corrected chi connectivity index (χ0v) is 21.8. The Kier molecular flexibility index (Phi) is 9.04. The summed E-state index contributed by atoms with van der Waals surface area (Å²) in [6.45, 7) is 9.93. The smallest absolute Gasteiger partial charge is 0.354 e. The molecule has 0 unspecified atom stereocenters. The topological polar surface area (TPSA) is 81.1 Å². The molecule has 0 bridgehead atoms. The first-order chi connectivity index (χ1) is 16.3. The Hall–Kier alpha value is -2.49. The molecule has 34 heavy (non-hydrogen) atoms. The maximum absolute atomic E-state index is 13.5. The number of esters is 1. The summed E-state index contributed by atoms with van der Waals surface area (Å²) in [5.41, 5.74) is 2.65. The minimum absolute atomic E-state index is 0.0777. The van der Waals surface area contributed by atoms with E-state index in [9.17, 15) is 14.4 Å². The van der Waals surface area contributed by atoms with Crippen molar-refractivity contribution in [2.75, 3.05) is 53.0 Å². The van der Waals surface area contributed by atoms with Crippen molar-refractivity contribution in [2.45, 2.75) is 27.3 Å². The van der Waals surface area contributed by atoms with Crippen LogP contribution in [0.3, 0.4) is 0 Å². The zero-order valence-electron chi connectivity index (χ0n) is 20.2. The minimum atomic E-state index is -0.476. The van der Waals surface area contributed by atoms with Gasteiger partial charge in [0.15, 0.2) is 5.78 Å². The number of methoxy groups -OCH3 is 1. The van der Waals surface area contributed by atoms with Crippen molar-refractivity contribution in [3.63, 3.8) is 0 Å². The van der Waals surface area contributed by atoms with E-state index in [0.717, 1.165) is 17.6 Å². The highest BCUT2D eigenvalue weighted by Crippen LogP contribution is 2.24. The van der Waals surface area contributed by atoms with Crippen molar-refractivity contribution < 1.29 is 23.9 Å². The number of ketones is 1. The van der Waals surface area contributed by atoms with Gasteiger partial charge in [-0.1, -0.05) is 22.0 Å². The van der Waals surface area contributed by atoms with Gasteiger partial charge >= 0.3 is 5.97 Å². The van der Waals surface area contributed by atoms with Crippen LogP contribution in [0, 0.1) is 13.8 Å². The lowest BCUT2D eigenvalue weighted by atomic mass is 10.0. The molecule has 1 saturated heterocycles. The van der Waals surface area contributed by atoms with E-state index in [4.69, 9.17) is 9.47 Å². The molecule has 1 fully saturated rings. The summed E-state index contributed by atoms with van der Waals surface area (Å²) in [4.78, 5) is 43.2. The number of ether oxygens (including phenoxy) is 2. The maximum atomic E-state index is 13.5. The Morgan fingerprint density at radius 1 is 1.18 bits per heavy atom. The number of rotatable bonds is 9. The van der Waals surface area contributed by atoms with Gasteiger partial charge in [-0.3, -0.25) is 14.5 Å². The predicted molar refractivity (Wildman–Crippen MR) is 133 cm³/mol. The summed E-state index contributed by atoms with van der Waals surface area (Å²) < 4.78 is 13.0. The number of amides is 1. The fraction of sp³-hybridized carbons (Fsp3) is 0.480. The second-order valence-corrected chi connectivity index (χ2v) is 9.20. The van der Waals surface area contributed by atoms with E-state index < -0.39 is 5.97 Å². The molecule has 0 atom stereocenters. The molecule has 8 nitrogen and oxygen atoms in total. The number of benzene rings is 1. The van der Waals surface area contributed by atoms with E-state index in [2.05, 4.69) is 20.8 Å². The number of nitrogens with zero attached hydrogens (tertiary/aromatic N) is 3. The van der Waals surface area contributed by atoms with E-state index in [1.54, 1.807) is 34.6 Å². The molecule has 1 aliphatic rings. The van der Waals surface area contributed by atoms with Crippen LogP contribution in [0.15, 0.2) is 28.7 Å². The van der Waals surface area contributed by atoms with Gasteiger partial charge in [-0.15, -0.1) is 0 Å². The third-order valence-corrected chi connectivity index (χ3v) is 6.72. The molecule has 9 heteroatoms. The molecule has 2 heterocycles. The zero-order chi connectivity index (χ0) is 24.8. The highest BCUT2D eigenvalue weighted by molar-refractivity contribution is 9.10. The number of hydrogen-bond acceptors (Lipinski definition) is 6. The Balaban J connectivity index is 1.89. The highest BCUT2D eigenvalue weighted by atomic mass is 79.9. The summed E-state index contributed by atoms with van der Waals surface area (Å²) in [7, 11) is 1.33. The summed E-state index contributed by atoms with van der Waals surface area (Å²) in [6, 6.07) is 7.17. The highest BCUT2D eigenvalue weighted by Gasteiger charge is 2.29.